The second-order valence-electron chi connectivity index (χ2n) is 3.48. The maximum Gasteiger partial charge on any atom is 0.123 e. The molecule has 1 aliphatic heterocycles. The lowest BCUT2D eigenvalue weighted by molar-refractivity contribution is 0.245. The molecular weight excluding hydrogens is 162 g/mol. The summed E-state index contributed by atoms with van der Waals surface area (Å²) in [5, 5.41) is 0. The number of nitrogens with two attached hydrogens (primary N) is 1. The molecule has 0 radical (unpaired) electrons. The van der Waals surface area contributed by atoms with Crippen LogP contribution in [-0.2, 0) is 4.74 Å². The minimum atomic E-state index is -0.679. The normalized spacial score (nSPS) is 41.7. The third-order valence-electron chi connectivity index (χ3n) is 2.58. The van der Waals surface area contributed by atoms with Gasteiger partial charge in [-0.3, -0.25) is 0 Å². The molecule has 3 unspecified atom stereocenters. The second kappa shape index (κ2) is 2.61. The SMILES string of the molecule is CCCC(N)(Cl)C1(C)OC1C. The van der Waals surface area contributed by atoms with Crippen molar-refractivity contribution in [2.45, 2.75) is 50.3 Å². The molecule has 0 aromatic heterocycles. The summed E-state index contributed by atoms with van der Waals surface area (Å²) in [6.07, 6.45) is 2.00. The van der Waals surface area contributed by atoms with Gasteiger partial charge in [-0.25, -0.2) is 0 Å². The molecular formula is C8H16ClNO. The number of rotatable bonds is 3. The molecule has 11 heavy (non-hydrogen) atoms. The summed E-state index contributed by atoms with van der Waals surface area (Å²) in [6, 6.07) is 0. The Morgan fingerprint density at radius 2 is 2.18 bits per heavy atom. The predicted molar refractivity (Wildman–Crippen MR) is 46.6 cm³/mol. The third-order valence-corrected chi connectivity index (χ3v) is 3.14. The van der Waals surface area contributed by atoms with Crippen LogP contribution in [0.5, 0.6) is 0 Å². The first-order valence-electron chi connectivity index (χ1n) is 4.09. The molecule has 1 rings (SSSR count). The van der Waals surface area contributed by atoms with E-state index in [0.29, 0.717) is 0 Å². The van der Waals surface area contributed by atoms with Crippen LogP contribution >= 0.6 is 11.6 Å². The van der Waals surface area contributed by atoms with Gasteiger partial charge in [0, 0.05) is 0 Å². The van der Waals surface area contributed by atoms with E-state index in [4.69, 9.17) is 22.1 Å². The average Bonchev–Trinajstić information content (AvgIpc) is 2.42. The Balaban J connectivity index is 2.58. The lowest BCUT2D eigenvalue weighted by Gasteiger charge is -2.26. The standard InChI is InChI=1S/C8H16ClNO/c1-4-5-8(9,10)7(3)6(2)11-7/h6H,4-5,10H2,1-3H3. The van der Waals surface area contributed by atoms with E-state index < -0.39 is 5.00 Å². The van der Waals surface area contributed by atoms with Crippen LogP contribution in [0.3, 0.4) is 0 Å². The van der Waals surface area contributed by atoms with Crippen LogP contribution in [0.4, 0.5) is 0 Å². The van der Waals surface area contributed by atoms with Crippen molar-refractivity contribution in [3.8, 4) is 0 Å². The van der Waals surface area contributed by atoms with Crippen molar-refractivity contribution in [3.05, 3.63) is 0 Å². The zero-order valence-corrected chi connectivity index (χ0v) is 8.11. The zero-order valence-electron chi connectivity index (χ0n) is 7.36. The van der Waals surface area contributed by atoms with E-state index in [1.54, 1.807) is 0 Å². The fourth-order valence-electron chi connectivity index (χ4n) is 1.38. The average molecular weight is 178 g/mol. The van der Waals surface area contributed by atoms with Gasteiger partial charge in [0.15, 0.2) is 0 Å². The van der Waals surface area contributed by atoms with Gasteiger partial charge in [-0.2, -0.15) is 0 Å². The van der Waals surface area contributed by atoms with Gasteiger partial charge in [-0.1, -0.05) is 24.9 Å². The topological polar surface area (TPSA) is 38.5 Å². The van der Waals surface area contributed by atoms with Crippen LogP contribution in [0.25, 0.3) is 0 Å². The lowest BCUT2D eigenvalue weighted by Crippen LogP contribution is -2.47. The van der Waals surface area contributed by atoms with Gasteiger partial charge < -0.3 is 10.5 Å². The third kappa shape index (κ3) is 1.40. The number of hydrogen-bond donors (Lipinski definition) is 1. The van der Waals surface area contributed by atoms with E-state index in [0.717, 1.165) is 12.8 Å². The smallest absolute Gasteiger partial charge is 0.123 e. The van der Waals surface area contributed by atoms with Gasteiger partial charge in [0.1, 0.15) is 10.6 Å². The summed E-state index contributed by atoms with van der Waals surface area (Å²) in [6.45, 7) is 6.04. The summed E-state index contributed by atoms with van der Waals surface area (Å²) in [4.78, 5) is -0.679. The molecule has 2 N–H and O–H groups in total. The Morgan fingerprint density at radius 1 is 1.73 bits per heavy atom. The summed E-state index contributed by atoms with van der Waals surface area (Å²) in [5.74, 6) is 0. The number of ether oxygens (including phenoxy) is 1. The molecule has 0 spiro atoms. The van der Waals surface area contributed by atoms with E-state index in [2.05, 4.69) is 6.92 Å². The van der Waals surface area contributed by atoms with Crippen LogP contribution in [0, 0.1) is 0 Å². The van der Waals surface area contributed by atoms with Crippen LogP contribution in [0.2, 0.25) is 0 Å². The van der Waals surface area contributed by atoms with E-state index in [1.165, 1.54) is 0 Å². The van der Waals surface area contributed by atoms with Gasteiger partial charge in [-0.15, -0.1) is 0 Å². The van der Waals surface area contributed by atoms with E-state index >= 15 is 0 Å². The van der Waals surface area contributed by atoms with Crippen molar-refractivity contribution in [3.63, 3.8) is 0 Å². The van der Waals surface area contributed by atoms with E-state index in [9.17, 15) is 0 Å². The van der Waals surface area contributed by atoms with Gasteiger partial charge in [0.05, 0.1) is 6.10 Å². The number of hydrogen-bond acceptors (Lipinski definition) is 2. The molecule has 2 nitrogen and oxygen atoms in total. The highest BCUT2D eigenvalue weighted by Crippen LogP contribution is 2.47. The Morgan fingerprint density at radius 3 is 2.45 bits per heavy atom. The maximum absolute atomic E-state index is 6.12. The van der Waals surface area contributed by atoms with Crippen molar-refractivity contribution in [2.75, 3.05) is 0 Å². The molecule has 1 saturated heterocycles. The molecule has 1 aliphatic rings. The second-order valence-corrected chi connectivity index (χ2v) is 4.15. The Hall–Kier alpha value is 0.210. The molecule has 66 valence electrons. The molecule has 0 aromatic rings. The summed E-state index contributed by atoms with van der Waals surface area (Å²) < 4.78 is 5.36. The quantitative estimate of drug-likeness (QED) is 0.406. The number of epoxide rings is 1. The first-order valence-corrected chi connectivity index (χ1v) is 4.47. The summed E-state index contributed by atoms with van der Waals surface area (Å²) in [7, 11) is 0. The monoisotopic (exact) mass is 177 g/mol. The van der Waals surface area contributed by atoms with E-state index in [1.807, 2.05) is 13.8 Å². The summed E-state index contributed by atoms with van der Waals surface area (Å²) >= 11 is 6.12. The van der Waals surface area contributed by atoms with Crippen molar-refractivity contribution in [2.24, 2.45) is 5.73 Å². The minimum absolute atomic E-state index is 0.205. The summed E-state index contributed by atoms with van der Waals surface area (Å²) in [5.41, 5.74) is 5.60. The van der Waals surface area contributed by atoms with Crippen molar-refractivity contribution in [1.29, 1.82) is 0 Å². The van der Waals surface area contributed by atoms with Gasteiger partial charge >= 0.3 is 0 Å². The molecule has 3 heteroatoms. The predicted octanol–water partition coefficient (Wildman–Crippen LogP) is 1.86. The highest BCUT2D eigenvalue weighted by atomic mass is 35.5. The molecule has 0 aromatic carbocycles. The highest BCUT2D eigenvalue weighted by Gasteiger charge is 2.61. The Kier molecular flexibility index (Phi) is 2.21. The van der Waals surface area contributed by atoms with Crippen molar-refractivity contribution >= 4 is 11.6 Å². The van der Waals surface area contributed by atoms with Crippen molar-refractivity contribution in [1.82, 2.24) is 0 Å². The number of alkyl halides is 1. The van der Waals surface area contributed by atoms with Crippen LogP contribution < -0.4 is 5.73 Å². The fourth-order valence-corrected chi connectivity index (χ4v) is 1.77. The van der Waals surface area contributed by atoms with Crippen LogP contribution in [-0.4, -0.2) is 16.7 Å². The fraction of sp³-hybridized carbons (Fsp3) is 1.00. The molecule has 3 atom stereocenters. The molecule has 1 fully saturated rings. The largest absolute Gasteiger partial charge is 0.363 e. The molecule has 0 saturated carbocycles. The highest BCUT2D eigenvalue weighted by molar-refractivity contribution is 6.24. The van der Waals surface area contributed by atoms with Gasteiger partial charge in [0.2, 0.25) is 0 Å². The van der Waals surface area contributed by atoms with Gasteiger partial charge in [-0.05, 0) is 20.3 Å². The first kappa shape index (κ1) is 9.30. The first-order chi connectivity index (χ1) is 4.94. The van der Waals surface area contributed by atoms with Gasteiger partial charge in [0.25, 0.3) is 0 Å². The zero-order chi connectivity index (χ0) is 8.70. The van der Waals surface area contributed by atoms with Crippen molar-refractivity contribution < 1.29 is 4.74 Å². The Bertz CT molecular complexity index is 160. The Labute approximate surface area is 73.0 Å². The molecule has 1 heterocycles. The molecule has 0 amide bonds. The number of halogens is 1. The maximum atomic E-state index is 6.12. The molecule has 0 bridgehead atoms. The van der Waals surface area contributed by atoms with E-state index in [-0.39, 0.29) is 11.7 Å². The minimum Gasteiger partial charge on any atom is -0.363 e. The lowest BCUT2D eigenvalue weighted by atomic mass is 9.95. The molecule has 0 aliphatic carbocycles. The van der Waals surface area contributed by atoms with Crippen LogP contribution in [0.15, 0.2) is 0 Å². The van der Waals surface area contributed by atoms with Crippen LogP contribution in [0.1, 0.15) is 33.6 Å².